The van der Waals surface area contributed by atoms with E-state index in [0.29, 0.717) is 5.95 Å². The van der Waals surface area contributed by atoms with Crippen molar-refractivity contribution in [2.24, 2.45) is 0 Å². The zero-order chi connectivity index (χ0) is 12.4. The Kier molecular flexibility index (Phi) is 2.90. The molecular weight excluding hydrogens is 228 g/mol. The average Bonchev–Trinajstić information content (AvgIpc) is 2.87. The molecule has 2 aromatic rings. The van der Waals surface area contributed by atoms with Crippen LogP contribution >= 0.6 is 0 Å². The number of aromatic nitrogens is 2. The fourth-order valence-electron chi connectivity index (χ4n) is 2.16. The lowest BCUT2D eigenvalue weighted by atomic mass is 10.1. The van der Waals surface area contributed by atoms with Crippen molar-refractivity contribution >= 4 is 11.6 Å². The minimum Gasteiger partial charge on any atom is -0.378 e. The van der Waals surface area contributed by atoms with Crippen molar-refractivity contribution in [1.29, 1.82) is 0 Å². The lowest BCUT2D eigenvalue weighted by Crippen LogP contribution is -2.36. The molecule has 1 saturated heterocycles. The smallest absolute Gasteiger partial charge is 0.197 e. The first-order chi connectivity index (χ1) is 8.83. The van der Waals surface area contributed by atoms with E-state index in [0.717, 1.165) is 37.6 Å². The molecule has 1 aromatic heterocycles. The fraction of sp³-hybridized carbons (Fsp3) is 0.308. The summed E-state index contributed by atoms with van der Waals surface area (Å²) in [5.41, 5.74) is 8.84. The highest BCUT2D eigenvalue weighted by Gasteiger charge is 2.11. The molecule has 2 heterocycles. The second-order valence-electron chi connectivity index (χ2n) is 4.33. The molecule has 1 aliphatic rings. The number of nitrogen functional groups attached to an aromatic ring is 1. The van der Waals surface area contributed by atoms with Crippen LogP contribution in [0.4, 0.5) is 11.6 Å². The third kappa shape index (κ3) is 2.17. The van der Waals surface area contributed by atoms with Crippen LogP contribution in [0.1, 0.15) is 0 Å². The van der Waals surface area contributed by atoms with Crippen LogP contribution < -0.4 is 10.6 Å². The van der Waals surface area contributed by atoms with E-state index in [2.05, 4.69) is 39.1 Å². The number of imidazole rings is 1. The molecule has 0 spiro atoms. The highest BCUT2D eigenvalue weighted by molar-refractivity contribution is 5.63. The van der Waals surface area contributed by atoms with E-state index in [-0.39, 0.29) is 0 Å². The maximum atomic E-state index is 5.57. The van der Waals surface area contributed by atoms with Gasteiger partial charge in [0.25, 0.3) is 0 Å². The van der Waals surface area contributed by atoms with Crippen molar-refractivity contribution < 1.29 is 4.74 Å². The molecule has 0 bridgehead atoms. The Bertz CT molecular complexity index is 514. The van der Waals surface area contributed by atoms with Gasteiger partial charge in [-0.2, -0.15) is 0 Å². The Morgan fingerprint density at radius 1 is 1.17 bits per heavy atom. The zero-order valence-electron chi connectivity index (χ0n) is 10.1. The van der Waals surface area contributed by atoms with Gasteiger partial charge in [0.05, 0.1) is 25.1 Å². The first-order valence-electron chi connectivity index (χ1n) is 6.06. The van der Waals surface area contributed by atoms with E-state index in [1.165, 1.54) is 5.69 Å². The molecule has 3 N–H and O–H groups in total. The fourth-order valence-corrected chi connectivity index (χ4v) is 2.16. The number of hydrogen-bond acceptors (Lipinski definition) is 4. The lowest BCUT2D eigenvalue weighted by Gasteiger charge is -2.28. The number of benzene rings is 1. The van der Waals surface area contributed by atoms with Crippen LogP contribution in [-0.4, -0.2) is 36.3 Å². The van der Waals surface area contributed by atoms with Crippen LogP contribution in [0.2, 0.25) is 0 Å². The summed E-state index contributed by atoms with van der Waals surface area (Å²) < 4.78 is 5.35. The SMILES string of the molecule is Nc1ncc(-c2ccc(N3CCOCC3)cc2)[nH]1. The zero-order valence-corrected chi connectivity index (χ0v) is 10.1. The number of nitrogens with one attached hydrogen (secondary N) is 1. The lowest BCUT2D eigenvalue weighted by molar-refractivity contribution is 0.122. The monoisotopic (exact) mass is 244 g/mol. The van der Waals surface area contributed by atoms with Gasteiger partial charge in [-0.3, -0.25) is 0 Å². The molecule has 3 rings (SSSR count). The van der Waals surface area contributed by atoms with Crippen molar-refractivity contribution in [3.63, 3.8) is 0 Å². The summed E-state index contributed by atoms with van der Waals surface area (Å²) in [5, 5.41) is 0. The minimum atomic E-state index is 0.447. The second-order valence-corrected chi connectivity index (χ2v) is 4.33. The van der Waals surface area contributed by atoms with Gasteiger partial charge in [-0.1, -0.05) is 12.1 Å². The van der Waals surface area contributed by atoms with Crippen molar-refractivity contribution in [3.05, 3.63) is 30.5 Å². The third-order valence-electron chi connectivity index (χ3n) is 3.15. The Morgan fingerprint density at radius 3 is 2.50 bits per heavy atom. The van der Waals surface area contributed by atoms with E-state index in [9.17, 15) is 0 Å². The number of rotatable bonds is 2. The number of ether oxygens (including phenoxy) is 1. The predicted octanol–water partition coefficient (Wildman–Crippen LogP) is 1.50. The van der Waals surface area contributed by atoms with Gasteiger partial charge in [0, 0.05) is 18.8 Å². The molecule has 0 radical (unpaired) electrons. The molecule has 18 heavy (non-hydrogen) atoms. The van der Waals surface area contributed by atoms with E-state index >= 15 is 0 Å². The van der Waals surface area contributed by atoms with Crippen molar-refractivity contribution in [1.82, 2.24) is 9.97 Å². The van der Waals surface area contributed by atoms with Gasteiger partial charge in [-0.25, -0.2) is 4.98 Å². The highest BCUT2D eigenvalue weighted by atomic mass is 16.5. The molecule has 0 unspecified atom stereocenters. The van der Waals surface area contributed by atoms with Gasteiger partial charge >= 0.3 is 0 Å². The largest absolute Gasteiger partial charge is 0.378 e. The molecule has 1 aromatic carbocycles. The van der Waals surface area contributed by atoms with E-state index in [1.807, 2.05) is 0 Å². The minimum absolute atomic E-state index is 0.447. The number of hydrogen-bond donors (Lipinski definition) is 2. The number of nitrogens with zero attached hydrogens (tertiary/aromatic N) is 2. The topological polar surface area (TPSA) is 67.2 Å². The standard InChI is InChI=1S/C13H16N4O/c14-13-15-9-12(16-13)10-1-3-11(4-2-10)17-5-7-18-8-6-17/h1-4,9H,5-8H2,(H3,14,15,16). The molecular formula is C13H16N4O. The van der Waals surface area contributed by atoms with Gasteiger partial charge in [0.15, 0.2) is 5.95 Å². The van der Waals surface area contributed by atoms with Crippen molar-refractivity contribution in [3.8, 4) is 11.3 Å². The maximum absolute atomic E-state index is 5.57. The van der Waals surface area contributed by atoms with Gasteiger partial charge in [-0.05, 0) is 17.7 Å². The summed E-state index contributed by atoms with van der Waals surface area (Å²) >= 11 is 0. The summed E-state index contributed by atoms with van der Waals surface area (Å²) in [6.07, 6.45) is 1.75. The average molecular weight is 244 g/mol. The van der Waals surface area contributed by atoms with Crippen LogP contribution in [0.5, 0.6) is 0 Å². The third-order valence-corrected chi connectivity index (χ3v) is 3.15. The van der Waals surface area contributed by atoms with E-state index in [4.69, 9.17) is 10.5 Å². The Balaban J connectivity index is 1.80. The van der Waals surface area contributed by atoms with Crippen LogP contribution in [-0.2, 0) is 4.74 Å². The van der Waals surface area contributed by atoms with Crippen LogP contribution in [0.3, 0.4) is 0 Å². The van der Waals surface area contributed by atoms with Crippen LogP contribution in [0.25, 0.3) is 11.3 Å². The van der Waals surface area contributed by atoms with Crippen molar-refractivity contribution in [2.75, 3.05) is 36.9 Å². The van der Waals surface area contributed by atoms with Crippen LogP contribution in [0.15, 0.2) is 30.5 Å². The summed E-state index contributed by atoms with van der Waals surface area (Å²) in [7, 11) is 0. The van der Waals surface area contributed by atoms with Crippen molar-refractivity contribution in [2.45, 2.75) is 0 Å². The Hall–Kier alpha value is -2.01. The van der Waals surface area contributed by atoms with Gasteiger partial charge in [-0.15, -0.1) is 0 Å². The van der Waals surface area contributed by atoms with Gasteiger partial charge in [0.2, 0.25) is 0 Å². The van der Waals surface area contributed by atoms with E-state index < -0.39 is 0 Å². The summed E-state index contributed by atoms with van der Waals surface area (Å²) in [4.78, 5) is 9.35. The predicted molar refractivity (Wildman–Crippen MR) is 71.5 cm³/mol. The molecule has 94 valence electrons. The summed E-state index contributed by atoms with van der Waals surface area (Å²) in [6.45, 7) is 3.52. The molecule has 0 amide bonds. The molecule has 0 atom stereocenters. The summed E-state index contributed by atoms with van der Waals surface area (Å²) in [6, 6.07) is 8.41. The number of anilines is 2. The number of morpholine rings is 1. The molecule has 0 saturated carbocycles. The molecule has 5 heteroatoms. The molecule has 5 nitrogen and oxygen atoms in total. The highest BCUT2D eigenvalue weighted by Crippen LogP contribution is 2.22. The summed E-state index contributed by atoms with van der Waals surface area (Å²) in [5.74, 6) is 0.447. The number of aromatic amines is 1. The molecule has 1 fully saturated rings. The van der Waals surface area contributed by atoms with Gasteiger partial charge in [0.1, 0.15) is 0 Å². The van der Waals surface area contributed by atoms with Crippen LogP contribution in [0, 0.1) is 0 Å². The Labute approximate surface area is 106 Å². The quantitative estimate of drug-likeness (QED) is 0.840. The number of H-pyrrole nitrogens is 1. The molecule has 1 aliphatic heterocycles. The van der Waals surface area contributed by atoms with E-state index in [1.54, 1.807) is 6.20 Å². The normalized spacial score (nSPS) is 15.9. The Morgan fingerprint density at radius 2 is 1.89 bits per heavy atom. The maximum Gasteiger partial charge on any atom is 0.197 e. The second kappa shape index (κ2) is 4.70. The first-order valence-corrected chi connectivity index (χ1v) is 6.06. The molecule has 0 aliphatic carbocycles. The first kappa shape index (κ1) is 11.1. The number of nitrogens with two attached hydrogens (primary N) is 1. The van der Waals surface area contributed by atoms with Gasteiger partial charge < -0.3 is 20.4 Å².